The number of imidazole rings is 2. The molecule has 0 saturated carbocycles. The molecule has 0 aliphatic carbocycles. The first-order chi connectivity index (χ1) is 17.2. The zero-order valence-corrected chi connectivity index (χ0v) is 18.4. The summed E-state index contributed by atoms with van der Waals surface area (Å²) >= 11 is 0. The van der Waals surface area contributed by atoms with Crippen LogP contribution in [0.15, 0.2) is 86.2 Å². The molecule has 5 rings (SSSR count). The summed E-state index contributed by atoms with van der Waals surface area (Å²) < 4.78 is 3.80. The molecule has 0 radical (unpaired) electrons. The maximum atomic E-state index is 10.7. The predicted molar refractivity (Wildman–Crippen MR) is 130 cm³/mol. The molecule has 4 heterocycles. The van der Waals surface area contributed by atoms with Gasteiger partial charge >= 0.3 is 0 Å². The van der Waals surface area contributed by atoms with Gasteiger partial charge in [-0.3, -0.25) is 10.1 Å². The fraction of sp³-hybridized carbons (Fsp3) is 0.0870. The summed E-state index contributed by atoms with van der Waals surface area (Å²) in [7, 11) is 0. The highest BCUT2D eigenvalue weighted by Gasteiger charge is 2.12. The lowest BCUT2D eigenvalue weighted by Gasteiger charge is -2.13. The monoisotopic (exact) mass is 468 g/mol. The average Bonchev–Trinajstić information content (AvgIpc) is 3.62. The number of hydrogen-bond donors (Lipinski definition) is 2. The number of anilines is 2. The molecule has 0 spiro atoms. The molecule has 0 amide bonds. The zero-order chi connectivity index (χ0) is 24.0. The van der Waals surface area contributed by atoms with Gasteiger partial charge in [0, 0.05) is 55.2 Å². The Labute approximate surface area is 199 Å². The van der Waals surface area contributed by atoms with Gasteiger partial charge in [-0.15, -0.1) is 0 Å². The van der Waals surface area contributed by atoms with Crippen molar-refractivity contribution in [1.82, 2.24) is 34.1 Å². The van der Waals surface area contributed by atoms with E-state index >= 15 is 0 Å². The molecule has 0 atom stereocenters. The van der Waals surface area contributed by atoms with Gasteiger partial charge in [-0.1, -0.05) is 12.1 Å². The number of nitro groups is 1. The van der Waals surface area contributed by atoms with Gasteiger partial charge in [-0.25, -0.2) is 24.9 Å². The molecule has 0 bridgehead atoms. The van der Waals surface area contributed by atoms with Crippen LogP contribution >= 0.6 is 0 Å². The molecular weight excluding hydrogens is 448 g/mol. The Morgan fingerprint density at radius 1 is 0.857 bits per heavy atom. The number of pyridine rings is 1. The van der Waals surface area contributed by atoms with Crippen molar-refractivity contribution in [2.75, 3.05) is 23.7 Å². The van der Waals surface area contributed by atoms with E-state index < -0.39 is 4.92 Å². The molecular formula is C23H20N10O2. The van der Waals surface area contributed by atoms with Crippen molar-refractivity contribution in [3.05, 3.63) is 96.3 Å². The standard InChI is InChI=1S/C23H20N10O2/c34-33(35)19-5-6-21(28-13-19)26-7-8-27-23-29-14-20(32-12-10-25-16-32)22(30-23)17-1-3-18(4-2-17)31-11-9-24-15-31/h1-6,9-16H,7-8H2,(H,26,28)(H,27,29,30). The summed E-state index contributed by atoms with van der Waals surface area (Å²) in [5.74, 6) is 1.02. The number of nitrogens with zero attached hydrogens (tertiary/aromatic N) is 8. The highest BCUT2D eigenvalue weighted by Crippen LogP contribution is 2.26. The van der Waals surface area contributed by atoms with Crippen molar-refractivity contribution in [3.63, 3.8) is 0 Å². The van der Waals surface area contributed by atoms with Crippen LogP contribution in [0, 0.1) is 10.1 Å². The lowest BCUT2D eigenvalue weighted by Crippen LogP contribution is -2.16. The molecule has 0 unspecified atom stereocenters. The third-order valence-electron chi connectivity index (χ3n) is 5.17. The van der Waals surface area contributed by atoms with Crippen LogP contribution in [0.1, 0.15) is 0 Å². The first kappa shape index (κ1) is 21.7. The molecule has 4 aromatic heterocycles. The van der Waals surface area contributed by atoms with Gasteiger partial charge < -0.3 is 19.8 Å². The molecule has 12 heteroatoms. The van der Waals surface area contributed by atoms with Crippen LogP contribution in [0.25, 0.3) is 22.6 Å². The minimum Gasteiger partial charge on any atom is -0.368 e. The van der Waals surface area contributed by atoms with Crippen LogP contribution in [0.5, 0.6) is 0 Å². The van der Waals surface area contributed by atoms with E-state index in [0.29, 0.717) is 24.9 Å². The van der Waals surface area contributed by atoms with E-state index in [4.69, 9.17) is 4.98 Å². The summed E-state index contributed by atoms with van der Waals surface area (Å²) in [6.45, 7) is 1.04. The molecule has 2 N–H and O–H groups in total. The fourth-order valence-corrected chi connectivity index (χ4v) is 3.43. The number of aromatic nitrogens is 7. The smallest absolute Gasteiger partial charge is 0.287 e. The van der Waals surface area contributed by atoms with Gasteiger partial charge in [-0.05, 0) is 18.2 Å². The number of benzene rings is 1. The van der Waals surface area contributed by atoms with Crippen LogP contribution in [-0.4, -0.2) is 52.1 Å². The first-order valence-corrected chi connectivity index (χ1v) is 10.7. The summed E-state index contributed by atoms with van der Waals surface area (Å²) in [4.78, 5) is 31.7. The van der Waals surface area contributed by atoms with E-state index in [9.17, 15) is 10.1 Å². The van der Waals surface area contributed by atoms with Gasteiger partial charge in [0.1, 0.15) is 12.0 Å². The predicted octanol–water partition coefficient (Wildman–Crippen LogP) is 3.34. The first-order valence-electron chi connectivity index (χ1n) is 10.7. The maximum Gasteiger partial charge on any atom is 0.287 e. The molecule has 174 valence electrons. The molecule has 0 saturated heterocycles. The van der Waals surface area contributed by atoms with Crippen molar-refractivity contribution >= 4 is 17.5 Å². The normalized spacial score (nSPS) is 10.7. The van der Waals surface area contributed by atoms with Crippen molar-refractivity contribution in [1.29, 1.82) is 0 Å². The lowest BCUT2D eigenvalue weighted by atomic mass is 10.1. The van der Waals surface area contributed by atoms with Gasteiger partial charge in [0.15, 0.2) is 0 Å². The van der Waals surface area contributed by atoms with Gasteiger partial charge in [0.25, 0.3) is 5.69 Å². The van der Waals surface area contributed by atoms with Gasteiger partial charge in [0.2, 0.25) is 5.95 Å². The largest absolute Gasteiger partial charge is 0.368 e. The molecule has 35 heavy (non-hydrogen) atoms. The average molecular weight is 468 g/mol. The summed E-state index contributed by atoms with van der Waals surface area (Å²) in [6, 6.07) is 11.0. The Morgan fingerprint density at radius 2 is 1.60 bits per heavy atom. The Morgan fingerprint density at radius 3 is 2.26 bits per heavy atom. The number of rotatable bonds is 9. The lowest BCUT2D eigenvalue weighted by molar-refractivity contribution is -0.385. The molecule has 12 nitrogen and oxygen atoms in total. The molecule has 0 fully saturated rings. The Balaban J connectivity index is 1.31. The molecule has 1 aromatic carbocycles. The number of hydrogen-bond acceptors (Lipinski definition) is 9. The summed E-state index contributed by atoms with van der Waals surface area (Å²) in [6.07, 6.45) is 13.6. The van der Waals surface area contributed by atoms with Crippen LogP contribution in [0.4, 0.5) is 17.5 Å². The van der Waals surface area contributed by atoms with Crippen LogP contribution in [-0.2, 0) is 0 Å². The van der Waals surface area contributed by atoms with E-state index in [1.54, 1.807) is 37.3 Å². The molecule has 5 aromatic rings. The van der Waals surface area contributed by atoms with E-state index in [2.05, 4.69) is 30.6 Å². The Kier molecular flexibility index (Phi) is 6.07. The second-order valence-corrected chi connectivity index (χ2v) is 7.43. The topological polar surface area (TPSA) is 142 Å². The van der Waals surface area contributed by atoms with E-state index in [1.165, 1.54) is 12.3 Å². The highest BCUT2D eigenvalue weighted by atomic mass is 16.6. The quantitative estimate of drug-likeness (QED) is 0.189. The minimum absolute atomic E-state index is 0.0503. The fourth-order valence-electron chi connectivity index (χ4n) is 3.43. The van der Waals surface area contributed by atoms with Crippen LogP contribution in [0.3, 0.4) is 0 Å². The zero-order valence-electron chi connectivity index (χ0n) is 18.4. The van der Waals surface area contributed by atoms with Crippen molar-refractivity contribution in [2.45, 2.75) is 0 Å². The van der Waals surface area contributed by atoms with Crippen molar-refractivity contribution in [3.8, 4) is 22.6 Å². The summed E-state index contributed by atoms with van der Waals surface area (Å²) in [5.41, 5.74) is 3.43. The van der Waals surface area contributed by atoms with E-state index in [-0.39, 0.29) is 5.69 Å². The maximum absolute atomic E-state index is 10.7. The summed E-state index contributed by atoms with van der Waals surface area (Å²) in [5, 5.41) is 17.1. The third kappa shape index (κ3) is 4.95. The SMILES string of the molecule is O=[N+]([O-])c1ccc(NCCNc2ncc(-n3ccnc3)c(-c3ccc(-n4ccnc4)cc3)n2)nc1. The van der Waals surface area contributed by atoms with Crippen LogP contribution < -0.4 is 10.6 Å². The highest BCUT2D eigenvalue weighted by molar-refractivity contribution is 5.70. The molecule has 0 aliphatic rings. The van der Waals surface area contributed by atoms with Gasteiger partial charge in [0.05, 0.1) is 35.2 Å². The second kappa shape index (κ2) is 9.79. The molecule has 0 aliphatic heterocycles. The second-order valence-electron chi connectivity index (χ2n) is 7.43. The van der Waals surface area contributed by atoms with Crippen molar-refractivity contribution < 1.29 is 4.92 Å². The van der Waals surface area contributed by atoms with E-state index in [0.717, 1.165) is 22.6 Å². The minimum atomic E-state index is -0.480. The Bertz CT molecular complexity index is 1400. The number of nitrogens with one attached hydrogen (secondary N) is 2. The van der Waals surface area contributed by atoms with Crippen molar-refractivity contribution in [2.24, 2.45) is 0 Å². The Hall–Kier alpha value is -5.13. The third-order valence-corrected chi connectivity index (χ3v) is 5.17. The van der Waals surface area contributed by atoms with Gasteiger partial charge in [-0.2, -0.15) is 0 Å². The van der Waals surface area contributed by atoms with E-state index in [1.807, 2.05) is 45.8 Å². The van der Waals surface area contributed by atoms with Crippen LogP contribution in [0.2, 0.25) is 0 Å².